The van der Waals surface area contributed by atoms with E-state index < -0.39 is 0 Å². The molecule has 1 aliphatic rings. The Morgan fingerprint density at radius 3 is 2.74 bits per heavy atom. The van der Waals surface area contributed by atoms with Crippen molar-refractivity contribution in [2.75, 3.05) is 0 Å². The first-order chi connectivity index (χ1) is 9.15. The molecule has 0 radical (unpaired) electrons. The van der Waals surface area contributed by atoms with Gasteiger partial charge in [-0.25, -0.2) is 0 Å². The molecule has 0 bridgehead atoms. The van der Waals surface area contributed by atoms with Gasteiger partial charge in [0.05, 0.1) is 18.6 Å². The maximum absolute atomic E-state index is 6.64. The minimum atomic E-state index is -0.139. The first-order valence-electron chi connectivity index (χ1n) is 6.25. The number of fused-ring (bicyclic) bond motifs is 1. The van der Waals surface area contributed by atoms with Crippen LogP contribution in [0.25, 0.3) is 0 Å². The van der Waals surface area contributed by atoms with E-state index in [4.69, 9.17) is 16.3 Å². The first kappa shape index (κ1) is 13.2. The average Bonchev–Trinajstić information content (AvgIpc) is 2.88. The molecule has 1 aliphatic heterocycles. The van der Waals surface area contributed by atoms with Crippen LogP contribution in [0.2, 0.25) is 0 Å². The Morgan fingerprint density at radius 1 is 1.11 bits per heavy atom. The van der Waals surface area contributed by atoms with Gasteiger partial charge in [0.25, 0.3) is 0 Å². The molecular formula is C16H14BrClO. The zero-order valence-electron chi connectivity index (χ0n) is 10.6. The molecule has 0 saturated carbocycles. The lowest BCUT2D eigenvalue weighted by molar-refractivity contribution is 0.134. The molecule has 0 saturated heterocycles. The van der Waals surface area contributed by atoms with Crippen LogP contribution in [0.4, 0.5) is 0 Å². The zero-order valence-corrected chi connectivity index (χ0v) is 13.0. The van der Waals surface area contributed by atoms with Gasteiger partial charge in [0.15, 0.2) is 0 Å². The number of hydrogen-bond donors (Lipinski definition) is 0. The second-order valence-corrected chi connectivity index (χ2v) is 6.20. The van der Waals surface area contributed by atoms with Crippen molar-refractivity contribution in [1.29, 1.82) is 0 Å². The SMILES string of the molecule is Cc1ccc(Br)c(C(Cl)c2ccc3c(c2)COC3)c1. The lowest BCUT2D eigenvalue weighted by Crippen LogP contribution is -1.97. The molecule has 0 aliphatic carbocycles. The van der Waals surface area contributed by atoms with Crippen molar-refractivity contribution in [3.05, 3.63) is 68.7 Å². The van der Waals surface area contributed by atoms with Crippen LogP contribution >= 0.6 is 27.5 Å². The molecule has 19 heavy (non-hydrogen) atoms. The Hall–Kier alpha value is -0.830. The van der Waals surface area contributed by atoms with E-state index in [9.17, 15) is 0 Å². The average molecular weight is 338 g/mol. The summed E-state index contributed by atoms with van der Waals surface area (Å²) in [7, 11) is 0. The quantitative estimate of drug-likeness (QED) is 0.691. The lowest BCUT2D eigenvalue weighted by Gasteiger charge is -2.14. The van der Waals surface area contributed by atoms with Gasteiger partial charge < -0.3 is 4.74 Å². The maximum atomic E-state index is 6.64. The summed E-state index contributed by atoms with van der Waals surface area (Å²) < 4.78 is 6.50. The van der Waals surface area contributed by atoms with Crippen LogP contribution in [0.3, 0.4) is 0 Å². The van der Waals surface area contributed by atoms with Gasteiger partial charge in [-0.1, -0.05) is 51.8 Å². The minimum absolute atomic E-state index is 0.139. The molecular weight excluding hydrogens is 324 g/mol. The Bertz CT molecular complexity index is 624. The summed E-state index contributed by atoms with van der Waals surface area (Å²) in [5.74, 6) is 0. The van der Waals surface area contributed by atoms with E-state index in [1.807, 2.05) is 0 Å². The number of halogens is 2. The maximum Gasteiger partial charge on any atom is 0.0846 e. The third-order valence-electron chi connectivity index (χ3n) is 3.46. The number of benzene rings is 2. The van der Waals surface area contributed by atoms with E-state index in [2.05, 4.69) is 59.3 Å². The molecule has 0 fully saturated rings. The highest BCUT2D eigenvalue weighted by atomic mass is 79.9. The third kappa shape index (κ3) is 2.58. The number of alkyl halides is 1. The molecule has 0 aromatic heterocycles. The standard InChI is InChI=1S/C16H14BrClO/c1-10-2-5-15(17)14(6-10)16(18)11-3-4-12-8-19-9-13(12)7-11/h2-7,16H,8-9H2,1H3. The zero-order chi connectivity index (χ0) is 13.4. The molecule has 1 heterocycles. The molecule has 0 amide bonds. The van der Waals surface area contributed by atoms with Crippen LogP contribution in [-0.2, 0) is 18.0 Å². The monoisotopic (exact) mass is 336 g/mol. The van der Waals surface area contributed by atoms with E-state index in [0.717, 1.165) is 22.2 Å². The molecule has 1 atom stereocenters. The molecule has 1 nitrogen and oxygen atoms in total. The Balaban J connectivity index is 1.99. The molecule has 1 unspecified atom stereocenters. The number of hydrogen-bond acceptors (Lipinski definition) is 1. The first-order valence-corrected chi connectivity index (χ1v) is 7.47. The van der Waals surface area contributed by atoms with Gasteiger partial charge in [-0.3, -0.25) is 0 Å². The number of ether oxygens (including phenoxy) is 1. The number of aryl methyl sites for hydroxylation is 1. The second-order valence-electron chi connectivity index (χ2n) is 4.91. The van der Waals surface area contributed by atoms with Crippen LogP contribution in [-0.4, -0.2) is 0 Å². The molecule has 3 rings (SSSR count). The Kier molecular flexibility index (Phi) is 3.66. The summed E-state index contributed by atoms with van der Waals surface area (Å²) in [6, 6.07) is 12.6. The van der Waals surface area contributed by atoms with Crippen molar-refractivity contribution in [3.8, 4) is 0 Å². The summed E-state index contributed by atoms with van der Waals surface area (Å²) in [6.45, 7) is 3.49. The van der Waals surface area contributed by atoms with E-state index >= 15 is 0 Å². The van der Waals surface area contributed by atoms with Crippen LogP contribution in [0, 0.1) is 6.92 Å². The Morgan fingerprint density at radius 2 is 1.89 bits per heavy atom. The molecule has 3 heteroatoms. The van der Waals surface area contributed by atoms with Gasteiger partial charge >= 0.3 is 0 Å². The molecule has 98 valence electrons. The van der Waals surface area contributed by atoms with Crippen molar-refractivity contribution in [1.82, 2.24) is 0 Å². The Labute approximate surface area is 126 Å². The van der Waals surface area contributed by atoms with Gasteiger partial charge in [-0.05, 0) is 35.2 Å². The molecule has 0 N–H and O–H groups in total. The van der Waals surface area contributed by atoms with Crippen LogP contribution in [0.15, 0.2) is 40.9 Å². The summed E-state index contributed by atoms with van der Waals surface area (Å²) in [6.07, 6.45) is 0. The van der Waals surface area contributed by atoms with E-state index in [1.165, 1.54) is 16.7 Å². The van der Waals surface area contributed by atoms with Crippen molar-refractivity contribution in [2.24, 2.45) is 0 Å². The van der Waals surface area contributed by atoms with Crippen LogP contribution < -0.4 is 0 Å². The second kappa shape index (κ2) is 5.28. The minimum Gasteiger partial charge on any atom is -0.372 e. The molecule has 2 aromatic rings. The normalized spacial score (nSPS) is 15.3. The fourth-order valence-electron chi connectivity index (χ4n) is 2.39. The van der Waals surface area contributed by atoms with Crippen LogP contribution in [0.5, 0.6) is 0 Å². The largest absolute Gasteiger partial charge is 0.372 e. The van der Waals surface area contributed by atoms with Gasteiger partial charge in [0.1, 0.15) is 0 Å². The highest BCUT2D eigenvalue weighted by Crippen LogP contribution is 2.36. The van der Waals surface area contributed by atoms with Gasteiger partial charge in [-0.2, -0.15) is 0 Å². The summed E-state index contributed by atoms with van der Waals surface area (Å²) in [4.78, 5) is 0. The molecule has 2 aromatic carbocycles. The van der Waals surface area contributed by atoms with Crippen molar-refractivity contribution in [2.45, 2.75) is 25.5 Å². The van der Waals surface area contributed by atoms with Crippen molar-refractivity contribution < 1.29 is 4.74 Å². The third-order valence-corrected chi connectivity index (χ3v) is 4.67. The van der Waals surface area contributed by atoms with E-state index in [-0.39, 0.29) is 5.38 Å². The highest BCUT2D eigenvalue weighted by molar-refractivity contribution is 9.10. The lowest BCUT2D eigenvalue weighted by atomic mass is 9.99. The summed E-state index contributed by atoms with van der Waals surface area (Å²) >= 11 is 10.2. The van der Waals surface area contributed by atoms with Crippen molar-refractivity contribution in [3.63, 3.8) is 0 Å². The predicted octanol–water partition coefficient (Wildman–Crippen LogP) is 5.12. The van der Waals surface area contributed by atoms with Crippen LogP contribution in [0.1, 0.15) is 33.2 Å². The van der Waals surface area contributed by atoms with E-state index in [1.54, 1.807) is 0 Å². The van der Waals surface area contributed by atoms with Crippen molar-refractivity contribution >= 4 is 27.5 Å². The van der Waals surface area contributed by atoms with Gasteiger partial charge in [-0.15, -0.1) is 11.6 Å². The summed E-state index contributed by atoms with van der Waals surface area (Å²) in [5, 5.41) is -0.139. The molecule has 0 spiro atoms. The van der Waals surface area contributed by atoms with E-state index in [0.29, 0.717) is 6.61 Å². The fourth-order valence-corrected chi connectivity index (χ4v) is 3.31. The highest BCUT2D eigenvalue weighted by Gasteiger charge is 2.18. The topological polar surface area (TPSA) is 9.23 Å². The van der Waals surface area contributed by atoms with Gasteiger partial charge in [0, 0.05) is 4.47 Å². The number of rotatable bonds is 2. The smallest absolute Gasteiger partial charge is 0.0846 e. The summed E-state index contributed by atoms with van der Waals surface area (Å²) in [5.41, 5.74) is 5.98. The predicted molar refractivity (Wildman–Crippen MR) is 81.5 cm³/mol. The van der Waals surface area contributed by atoms with Gasteiger partial charge in [0.2, 0.25) is 0 Å². The fraction of sp³-hybridized carbons (Fsp3) is 0.250.